The Balaban J connectivity index is 1.47. The third-order valence-electron chi connectivity index (χ3n) is 5.03. The first-order chi connectivity index (χ1) is 14.2. The number of hydrogen-bond donors (Lipinski definition) is 2. The average molecular weight is 390 g/mol. The highest BCUT2D eigenvalue weighted by Gasteiger charge is 2.23. The molecule has 0 amide bonds. The molecule has 0 saturated carbocycles. The largest absolute Gasteiger partial charge is 0.371 e. The molecule has 1 atom stereocenters. The lowest BCUT2D eigenvalue weighted by Gasteiger charge is -2.32. The maximum absolute atomic E-state index is 5.96. The van der Waals surface area contributed by atoms with E-state index in [2.05, 4.69) is 50.3 Å². The predicted molar refractivity (Wildman–Crippen MR) is 114 cm³/mol. The molecule has 1 aliphatic heterocycles. The Morgan fingerprint density at radius 2 is 1.86 bits per heavy atom. The molecule has 0 radical (unpaired) electrons. The summed E-state index contributed by atoms with van der Waals surface area (Å²) >= 11 is 0. The van der Waals surface area contributed by atoms with Crippen molar-refractivity contribution in [1.82, 2.24) is 19.9 Å². The minimum absolute atomic E-state index is 0.0539. The van der Waals surface area contributed by atoms with Crippen LogP contribution in [0.2, 0.25) is 0 Å². The van der Waals surface area contributed by atoms with E-state index < -0.39 is 0 Å². The first-order valence-electron chi connectivity index (χ1n) is 9.95. The number of para-hydroxylation sites is 1. The van der Waals surface area contributed by atoms with Crippen molar-refractivity contribution in [2.75, 3.05) is 30.7 Å². The van der Waals surface area contributed by atoms with E-state index in [-0.39, 0.29) is 12.1 Å². The maximum Gasteiger partial charge on any atom is 0.232 e. The van der Waals surface area contributed by atoms with Gasteiger partial charge in [0.1, 0.15) is 5.82 Å². The fourth-order valence-electron chi connectivity index (χ4n) is 3.55. The third-order valence-corrected chi connectivity index (χ3v) is 5.03. The molecule has 2 aromatic carbocycles. The van der Waals surface area contributed by atoms with Crippen LogP contribution in [0, 0.1) is 0 Å². The Hall–Kier alpha value is -3.03. The molecular weight excluding hydrogens is 364 g/mol. The molecule has 0 bridgehead atoms. The van der Waals surface area contributed by atoms with E-state index in [1.54, 1.807) is 0 Å². The Morgan fingerprint density at radius 1 is 1.07 bits per heavy atom. The highest BCUT2D eigenvalue weighted by atomic mass is 16.5. The molecule has 0 spiro atoms. The van der Waals surface area contributed by atoms with Crippen molar-refractivity contribution in [3.05, 3.63) is 71.5 Å². The van der Waals surface area contributed by atoms with Crippen LogP contribution in [0.15, 0.2) is 54.6 Å². The summed E-state index contributed by atoms with van der Waals surface area (Å²) in [4.78, 5) is 15.5. The molecule has 1 aliphatic rings. The number of benzene rings is 2. The number of rotatable bonds is 6. The van der Waals surface area contributed by atoms with Gasteiger partial charge >= 0.3 is 0 Å². The second-order valence-corrected chi connectivity index (χ2v) is 7.07. The quantitative estimate of drug-likeness (QED) is 0.667. The van der Waals surface area contributed by atoms with Gasteiger partial charge in [-0.05, 0) is 23.6 Å². The number of aromatic nitrogens is 3. The highest BCUT2D eigenvalue weighted by molar-refractivity contribution is 5.58. The van der Waals surface area contributed by atoms with Crippen LogP contribution in [0.4, 0.5) is 17.6 Å². The van der Waals surface area contributed by atoms with Gasteiger partial charge in [-0.1, -0.05) is 55.5 Å². The normalized spacial score (nSPS) is 17.2. The summed E-state index contributed by atoms with van der Waals surface area (Å²) in [5.41, 5.74) is 9.34. The maximum atomic E-state index is 5.96. The van der Waals surface area contributed by atoms with E-state index in [1.807, 2.05) is 36.4 Å². The van der Waals surface area contributed by atoms with Gasteiger partial charge in [0.05, 0.1) is 19.3 Å². The fraction of sp³-hybridized carbons (Fsp3) is 0.318. The van der Waals surface area contributed by atoms with Gasteiger partial charge in [0.25, 0.3) is 0 Å². The monoisotopic (exact) mass is 390 g/mol. The van der Waals surface area contributed by atoms with Crippen LogP contribution in [0.5, 0.6) is 0 Å². The Kier molecular flexibility index (Phi) is 5.97. The van der Waals surface area contributed by atoms with Crippen molar-refractivity contribution in [3.8, 4) is 0 Å². The smallest absolute Gasteiger partial charge is 0.232 e. The van der Waals surface area contributed by atoms with E-state index in [0.29, 0.717) is 24.9 Å². The average Bonchev–Trinajstić information content (AvgIpc) is 2.74. The summed E-state index contributed by atoms with van der Waals surface area (Å²) in [6.45, 7) is 5.02. The first-order valence-corrected chi connectivity index (χ1v) is 9.95. The zero-order valence-corrected chi connectivity index (χ0v) is 16.6. The van der Waals surface area contributed by atoms with Crippen molar-refractivity contribution in [1.29, 1.82) is 0 Å². The summed E-state index contributed by atoms with van der Waals surface area (Å²) in [7, 11) is 0. The predicted octanol–water partition coefficient (Wildman–Crippen LogP) is 3.33. The highest BCUT2D eigenvalue weighted by Crippen LogP contribution is 2.23. The molecule has 7 nitrogen and oxygen atoms in total. The number of nitrogens with one attached hydrogen (secondary N) is 1. The van der Waals surface area contributed by atoms with Gasteiger partial charge in [-0.3, -0.25) is 4.90 Å². The molecule has 29 heavy (non-hydrogen) atoms. The minimum Gasteiger partial charge on any atom is -0.371 e. The molecule has 3 aromatic rings. The lowest BCUT2D eigenvalue weighted by molar-refractivity contribution is -0.0336. The molecule has 0 aliphatic carbocycles. The summed E-state index contributed by atoms with van der Waals surface area (Å²) < 4.78 is 5.95. The van der Waals surface area contributed by atoms with Gasteiger partial charge in [-0.25, -0.2) is 0 Å². The molecule has 7 heteroatoms. The van der Waals surface area contributed by atoms with Gasteiger partial charge < -0.3 is 15.8 Å². The molecule has 4 rings (SSSR count). The summed E-state index contributed by atoms with van der Waals surface area (Å²) in [6, 6.07) is 18.4. The molecule has 2 heterocycles. The number of nitrogen functional groups attached to an aromatic ring is 1. The summed E-state index contributed by atoms with van der Waals surface area (Å²) in [5.74, 6) is 1.35. The van der Waals surface area contributed by atoms with Gasteiger partial charge in [0.15, 0.2) is 0 Å². The van der Waals surface area contributed by atoms with Gasteiger partial charge in [0.2, 0.25) is 11.9 Å². The number of nitrogens with zero attached hydrogens (tertiary/aromatic N) is 4. The number of hydrogen-bond acceptors (Lipinski definition) is 7. The second kappa shape index (κ2) is 8.98. The molecule has 0 unspecified atom stereocenters. The van der Waals surface area contributed by atoms with Crippen molar-refractivity contribution in [2.24, 2.45) is 0 Å². The minimum atomic E-state index is 0.0539. The molecule has 1 aromatic heterocycles. The fourth-order valence-corrected chi connectivity index (χ4v) is 3.55. The van der Waals surface area contributed by atoms with Crippen molar-refractivity contribution in [2.45, 2.75) is 26.0 Å². The van der Waals surface area contributed by atoms with E-state index in [0.717, 1.165) is 25.2 Å². The van der Waals surface area contributed by atoms with E-state index in [4.69, 9.17) is 10.5 Å². The van der Waals surface area contributed by atoms with Crippen molar-refractivity contribution in [3.63, 3.8) is 0 Å². The standard InChI is InChI=1S/C22H26N6O/c1-2-16-8-6-7-11-18(16)24-22-26-20(25-21(23)27-22)15-28-12-13-29-19(14-28)17-9-4-3-5-10-17/h3-11,19H,2,12-15H2,1H3,(H3,23,24,25,26,27)/t19-/m1/s1. The van der Waals surface area contributed by atoms with Crippen molar-refractivity contribution < 1.29 is 4.74 Å². The second-order valence-electron chi connectivity index (χ2n) is 7.07. The molecular formula is C22H26N6O. The Labute approximate surface area is 171 Å². The summed E-state index contributed by atoms with van der Waals surface area (Å²) in [5, 5.41) is 3.29. The Bertz CT molecular complexity index is 949. The molecule has 150 valence electrons. The topological polar surface area (TPSA) is 89.2 Å². The third kappa shape index (κ3) is 4.88. The lowest BCUT2D eigenvalue weighted by Crippen LogP contribution is -2.38. The zero-order chi connectivity index (χ0) is 20.1. The van der Waals surface area contributed by atoms with Gasteiger partial charge in [-0.15, -0.1) is 0 Å². The summed E-state index contributed by atoms with van der Waals surface area (Å²) in [6.07, 6.45) is 0.976. The van der Waals surface area contributed by atoms with Crippen LogP contribution in [0.25, 0.3) is 0 Å². The van der Waals surface area contributed by atoms with E-state index in [9.17, 15) is 0 Å². The van der Waals surface area contributed by atoms with Crippen LogP contribution in [0.1, 0.15) is 30.0 Å². The number of aryl methyl sites for hydroxylation is 1. The van der Waals surface area contributed by atoms with Crippen LogP contribution in [-0.2, 0) is 17.7 Å². The molecule has 1 saturated heterocycles. The number of ether oxygens (including phenoxy) is 1. The number of morpholine rings is 1. The van der Waals surface area contributed by atoms with Gasteiger partial charge in [-0.2, -0.15) is 15.0 Å². The van der Waals surface area contributed by atoms with Crippen LogP contribution in [0.3, 0.4) is 0 Å². The van der Waals surface area contributed by atoms with E-state index >= 15 is 0 Å². The molecule has 3 N–H and O–H groups in total. The van der Waals surface area contributed by atoms with Gasteiger partial charge in [0, 0.05) is 18.8 Å². The number of anilines is 3. The van der Waals surface area contributed by atoms with Crippen LogP contribution in [-0.4, -0.2) is 39.5 Å². The lowest BCUT2D eigenvalue weighted by atomic mass is 10.1. The van der Waals surface area contributed by atoms with Crippen LogP contribution < -0.4 is 11.1 Å². The number of nitrogens with two attached hydrogens (primary N) is 1. The molecule has 1 fully saturated rings. The Morgan fingerprint density at radius 3 is 2.69 bits per heavy atom. The van der Waals surface area contributed by atoms with Crippen molar-refractivity contribution >= 4 is 17.6 Å². The van der Waals surface area contributed by atoms with E-state index in [1.165, 1.54) is 11.1 Å². The SMILES string of the molecule is CCc1ccccc1Nc1nc(N)nc(CN2CCO[C@@H](c3ccccc3)C2)n1. The van der Waals surface area contributed by atoms with Crippen LogP contribution >= 0.6 is 0 Å². The first kappa shape index (κ1) is 19.3. The zero-order valence-electron chi connectivity index (χ0n) is 16.6.